The number of ether oxygens (including phenoxy) is 1. The van der Waals surface area contributed by atoms with Gasteiger partial charge in [-0.05, 0) is 35.9 Å². The third kappa shape index (κ3) is 4.01. The third-order valence-electron chi connectivity index (χ3n) is 3.79. The lowest BCUT2D eigenvalue weighted by molar-refractivity contribution is 0.0512. The van der Waals surface area contributed by atoms with Crippen LogP contribution < -0.4 is 0 Å². The first-order valence-corrected chi connectivity index (χ1v) is 8.01. The fourth-order valence-electron chi connectivity index (χ4n) is 2.56. The van der Waals surface area contributed by atoms with Gasteiger partial charge in [0.15, 0.2) is 0 Å². The molecule has 4 heteroatoms. The SMILES string of the molecule is O=C(/C(=C\c1ccccc1)N1CCOCC1)c1ccc(Cl)cc1. The zero-order valence-electron chi connectivity index (χ0n) is 12.7. The Labute approximate surface area is 141 Å². The van der Waals surface area contributed by atoms with E-state index in [1.54, 1.807) is 24.3 Å². The Morgan fingerprint density at radius 3 is 2.30 bits per heavy atom. The number of hydrogen-bond acceptors (Lipinski definition) is 3. The number of Topliss-reactive ketones (excluding diaryl/α,β-unsaturated/α-hetero) is 1. The topological polar surface area (TPSA) is 29.5 Å². The lowest BCUT2D eigenvalue weighted by atomic mass is 10.0. The number of ketones is 1. The van der Waals surface area contributed by atoms with Crippen molar-refractivity contribution in [2.45, 2.75) is 0 Å². The molecule has 0 radical (unpaired) electrons. The van der Waals surface area contributed by atoms with Crippen LogP contribution in [0.1, 0.15) is 15.9 Å². The molecule has 118 valence electrons. The average molecular weight is 328 g/mol. The lowest BCUT2D eigenvalue weighted by Gasteiger charge is -2.30. The highest BCUT2D eigenvalue weighted by molar-refractivity contribution is 6.30. The molecule has 23 heavy (non-hydrogen) atoms. The van der Waals surface area contributed by atoms with Gasteiger partial charge in [-0.2, -0.15) is 0 Å². The summed E-state index contributed by atoms with van der Waals surface area (Å²) in [7, 11) is 0. The van der Waals surface area contributed by atoms with E-state index in [9.17, 15) is 4.79 Å². The van der Waals surface area contributed by atoms with Crippen LogP contribution in [0.3, 0.4) is 0 Å². The van der Waals surface area contributed by atoms with Crippen molar-refractivity contribution in [1.29, 1.82) is 0 Å². The molecule has 1 aliphatic rings. The van der Waals surface area contributed by atoms with E-state index in [4.69, 9.17) is 16.3 Å². The van der Waals surface area contributed by atoms with Gasteiger partial charge in [-0.15, -0.1) is 0 Å². The summed E-state index contributed by atoms with van der Waals surface area (Å²) in [4.78, 5) is 15.1. The van der Waals surface area contributed by atoms with Crippen LogP contribution in [-0.2, 0) is 4.74 Å². The molecule has 1 aliphatic heterocycles. The molecule has 0 N–H and O–H groups in total. The number of rotatable bonds is 4. The second-order valence-electron chi connectivity index (χ2n) is 5.38. The molecule has 3 rings (SSSR count). The summed E-state index contributed by atoms with van der Waals surface area (Å²) in [5.74, 6) is 0.00687. The largest absolute Gasteiger partial charge is 0.378 e. The number of allylic oxidation sites excluding steroid dienone is 1. The van der Waals surface area contributed by atoms with E-state index in [0.717, 1.165) is 18.7 Å². The fourth-order valence-corrected chi connectivity index (χ4v) is 2.69. The number of morpholine rings is 1. The number of carbonyl (C=O) groups is 1. The van der Waals surface area contributed by atoms with Crippen molar-refractivity contribution in [2.75, 3.05) is 26.3 Å². The Balaban J connectivity index is 1.95. The van der Waals surface area contributed by atoms with E-state index >= 15 is 0 Å². The van der Waals surface area contributed by atoms with Gasteiger partial charge < -0.3 is 9.64 Å². The molecule has 2 aromatic carbocycles. The summed E-state index contributed by atoms with van der Waals surface area (Å²) < 4.78 is 5.40. The summed E-state index contributed by atoms with van der Waals surface area (Å²) in [5.41, 5.74) is 2.35. The van der Waals surface area contributed by atoms with Crippen molar-refractivity contribution < 1.29 is 9.53 Å². The van der Waals surface area contributed by atoms with Crippen molar-refractivity contribution in [3.63, 3.8) is 0 Å². The first kappa shape index (κ1) is 15.8. The molecule has 3 nitrogen and oxygen atoms in total. The van der Waals surface area contributed by atoms with Gasteiger partial charge in [0.1, 0.15) is 0 Å². The average Bonchev–Trinajstić information content (AvgIpc) is 2.61. The van der Waals surface area contributed by atoms with Gasteiger partial charge in [-0.3, -0.25) is 4.79 Å². The van der Waals surface area contributed by atoms with E-state index in [1.165, 1.54) is 0 Å². The van der Waals surface area contributed by atoms with Crippen LogP contribution in [0.2, 0.25) is 5.02 Å². The zero-order chi connectivity index (χ0) is 16.1. The molecule has 0 unspecified atom stereocenters. The van der Waals surface area contributed by atoms with E-state index in [-0.39, 0.29) is 5.78 Å². The monoisotopic (exact) mass is 327 g/mol. The van der Waals surface area contributed by atoms with Crippen LogP contribution in [-0.4, -0.2) is 37.0 Å². The maximum absolute atomic E-state index is 13.0. The van der Waals surface area contributed by atoms with Gasteiger partial charge in [0.2, 0.25) is 5.78 Å². The molecule has 0 saturated carbocycles. The molecule has 1 fully saturated rings. The number of nitrogens with zero attached hydrogens (tertiary/aromatic N) is 1. The Bertz CT molecular complexity index is 689. The molecule has 0 bridgehead atoms. The maximum atomic E-state index is 13.0. The van der Waals surface area contributed by atoms with Crippen LogP contribution in [0.25, 0.3) is 6.08 Å². The van der Waals surface area contributed by atoms with Gasteiger partial charge in [-0.1, -0.05) is 41.9 Å². The Morgan fingerprint density at radius 2 is 1.65 bits per heavy atom. The maximum Gasteiger partial charge on any atom is 0.209 e. The summed E-state index contributed by atoms with van der Waals surface area (Å²) in [6, 6.07) is 16.9. The first-order chi connectivity index (χ1) is 11.2. The summed E-state index contributed by atoms with van der Waals surface area (Å²) in [6.45, 7) is 2.72. The summed E-state index contributed by atoms with van der Waals surface area (Å²) in [6.07, 6.45) is 1.95. The molecule has 0 aliphatic carbocycles. The standard InChI is InChI=1S/C19H18ClNO2/c20-17-8-6-16(7-9-17)19(22)18(21-10-12-23-13-11-21)14-15-4-2-1-3-5-15/h1-9,14H,10-13H2/b18-14+. The molecule has 0 amide bonds. The predicted octanol–water partition coefficient (Wildman–Crippen LogP) is 3.90. The number of benzene rings is 2. The Hall–Kier alpha value is -2.10. The highest BCUT2D eigenvalue weighted by Crippen LogP contribution is 2.19. The van der Waals surface area contributed by atoms with Crippen molar-refractivity contribution in [3.05, 3.63) is 76.4 Å². The highest BCUT2D eigenvalue weighted by atomic mass is 35.5. The minimum absolute atomic E-state index is 0.00687. The van der Waals surface area contributed by atoms with Crippen molar-refractivity contribution in [1.82, 2.24) is 4.90 Å². The molecule has 0 atom stereocenters. The second kappa shape index (κ2) is 7.44. The van der Waals surface area contributed by atoms with Gasteiger partial charge in [0.25, 0.3) is 0 Å². The van der Waals surface area contributed by atoms with E-state index in [0.29, 0.717) is 29.5 Å². The summed E-state index contributed by atoms with van der Waals surface area (Å²) in [5, 5.41) is 0.626. The predicted molar refractivity (Wildman–Crippen MR) is 92.6 cm³/mol. The van der Waals surface area contributed by atoms with Crippen molar-refractivity contribution >= 4 is 23.5 Å². The van der Waals surface area contributed by atoms with Crippen LogP contribution in [0.15, 0.2) is 60.3 Å². The fraction of sp³-hybridized carbons (Fsp3) is 0.211. The zero-order valence-corrected chi connectivity index (χ0v) is 13.5. The van der Waals surface area contributed by atoms with Gasteiger partial charge in [0.05, 0.1) is 18.9 Å². The van der Waals surface area contributed by atoms with Crippen LogP contribution >= 0.6 is 11.6 Å². The molecule has 1 heterocycles. The van der Waals surface area contributed by atoms with E-state index in [2.05, 4.69) is 4.90 Å². The van der Waals surface area contributed by atoms with Crippen molar-refractivity contribution in [2.24, 2.45) is 0 Å². The molecule has 0 spiro atoms. The van der Waals surface area contributed by atoms with E-state index in [1.807, 2.05) is 36.4 Å². The Morgan fingerprint density at radius 1 is 1.00 bits per heavy atom. The van der Waals surface area contributed by atoms with Crippen molar-refractivity contribution in [3.8, 4) is 0 Å². The number of halogens is 1. The minimum Gasteiger partial charge on any atom is -0.378 e. The molecular formula is C19H18ClNO2. The summed E-state index contributed by atoms with van der Waals surface area (Å²) >= 11 is 5.92. The van der Waals surface area contributed by atoms with Gasteiger partial charge in [0, 0.05) is 23.7 Å². The second-order valence-corrected chi connectivity index (χ2v) is 5.81. The van der Waals surface area contributed by atoms with Gasteiger partial charge >= 0.3 is 0 Å². The molecule has 0 aromatic heterocycles. The van der Waals surface area contributed by atoms with Crippen LogP contribution in [0.4, 0.5) is 0 Å². The van der Waals surface area contributed by atoms with Gasteiger partial charge in [-0.25, -0.2) is 0 Å². The molecular weight excluding hydrogens is 310 g/mol. The van der Waals surface area contributed by atoms with Crippen LogP contribution in [0.5, 0.6) is 0 Å². The number of hydrogen-bond donors (Lipinski definition) is 0. The normalized spacial score (nSPS) is 15.5. The number of carbonyl (C=O) groups excluding carboxylic acids is 1. The Kier molecular flexibility index (Phi) is 5.11. The minimum atomic E-state index is 0.00687. The highest BCUT2D eigenvalue weighted by Gasteiger charge is 2.21. The quantitative estimate of drug-likeness (QED) is 0.630. The molecule has 1 saturated heterocycles. The third-order valence-corrected chi connectivity index (χ3v) is 4.05. The smallest absolute Gasteiger partial charge is 0.209 e. The van der Waals surface area contributed by atoms with Crippen LogP contribution in [0, 0.1) is 0 Å². The van der Waals surface area contributed by atoms with E-state index < -0.39 is 0 Å². The first-order valence-electron chi connectivity index (χ1n) is 7.64. The lowest BCUT2D eigenvalue weighted by Crippen LogP contribution is -2.38. The molecule has 2 aromatic rings.